The van der Waals surface area contributed by atoms with Crippen LogP contribution in [0.2, 0.25) is 0 Å². The summed E-state index contributed by atoms with van der Waals surface area (Å²) in [6, 6.07) is 0.363. The van der Waals surface area contributed by atoms with Gasteiger partial charge in [0.2, 0.25) is 10.0 Å². The maximum atomic E-state index is 13.5. The maximum absolute atomic E-state index is 13.5. The zero-order chi connectivity index (χ0) is 14.9. The molecule has 1 aliphatic heterocycles. The van der Waals surface area contributed by atoms with Gasteiger partial charge in [-0.05, 0) is 32.4 Å². The lowest BCUT2D eigenvalue weighted by Crippen LogP contribution is -2.46. The third kappa shape index (κ3) is 4.32. The Kier molecular flexibility index (Phi) is 6.03. The van der Waals surface area contributed by atoms with E-state index in [1.165, 1.54) is 0 Å². The molecule has 1 saturated heterocycles. The summed E-state index contributed by atoms with van der Waals surface area (Å²) >= 11 is 0. The Balaban J connectivity index is 0.00000220. The van der Waals surface area contributed by atoms with Gasteiger partial charge in [0.1, 0.15) is 10.7 Å². The van der Waals surface area contributed by atoms with Gasteiger partial charge in [0.15, 0.2) is 11.6 Å². The van der Waals surface area contributed by atoms with Crippen molar-refractivity contribution < 1.29 is 21.6 Å². The van der Waals surface area contributed by atoms with Crippen molar-refractivity contribution >= 4 is 22.4 Å². The van der Waals surface area contributed by atoms with Gasteiger partial charge in [0.25, 0.3) is 0 Å². The van der Waals surface area contributed by atoms with Gasteiger partial charge in [-0.2, -0.15) is 0 Å². The smallest absolute Gasteiger partial charge is 0.243 e. The number of hydrogen-bond acceptors (Lipinski definition) is 3. The number of rotatable bonds is 3. The Morgan fingerprint density at radius 1 is 1.19 bits per heavy atom. The Hall–Kier alpha value is -0.830. The molecule has 0 spiro atoms. The zero-order valence-corrected chi connectivity index (χ0v) is 12.8. The van der Waals surface area contributed by atoms with Crippen LogP contribution in [0.3, 0.4) is 0 Å². The van der Waals surface area contributed by atoms with Crippen molar-refractivity contribution in [2.75, 3.05) is 6.54 Å². The van der Waals surface area contributed by atoms with Crippen molar-refractivity contribution in [3.05, 3.63) is 29.6 Å². The number of piperidine rings is 1. The summed E-state index contributed by atoms with van der Waals surface area (Å²) in [4.78, 5) is -0.873. The fraction of sp³-hybridized carbons (Fsp3) is 0.500. The summed E-state index contributed by atoms with van der Waals surface area (Å²) in [6.07, 6.45) is 1.10. The molecule has 1 fully saturated rings. The molecule has 2 unspecified atom stereocenters. The van der Waals surface area contributed by atoms with Crippen molar-refractivity contribution in [2.45, 2.75) is 36.7 Å². The van der Waals surface area contributed by atoms with Gasteiger partial charge >= 0.3 is 0 Å². The molecule has 1 aromatic rings. The molecule has 0 saturated carbocycles. The first-order chi connectivity index (χ1) is 9.29. The molecule has 1 heterocycles. The van der Waals surface area contributed by atoms with Crippen LogP contribution >= 0.6 is 12.4 Å². The van der Waals surface area contributed by atoms with E-state index < -0.39 is 32.4 Å². The molecule has 0 amide bonds. The lowest BCUT2D eigenvalue weighted by atomic mass is 10.0. The maximum Gasteiger partial charge on any atom is 0.243 e. The lowest BCUT2D eigenvalue weighted by molar-refractivity contribution is 0.361. The predicted octanol–water partition coefficient (Wildman–Crippen LogP) is 1.94. The highest BCUT2D eigenvalue weighted by molar-refractivity contribution is 7.89. The van der Waals surface area contributed by atoms with E-state index in [9.17, 15) is 21.6 Å². The van der Waals surface area contributed by atoms with E-state index in [4.69, 9.17) is 0 Å². The molecule has 2 N–H and O–H groups in total. The van der Waals surface area contributed by atoms with E-state index in [1.54, 1.807) is 0 Å². The average molecular weight is 345 g/mol. The highest BCUT2D eigenvalue weighted by Gasteiger charge is 2.27. The normalized spacial score (nSPS) is 22.7. The number of halogens is 4. The summed E-state index contributed by atoms with van der Waals surface area (Å²) < 4.78 is 65.8. The van der Waals surface area contributed by atoms with Crippen molar-refractivity contribution in [1.82, 2.24) is 10.0 Å². The van der Waals surface area contributed by atoms with E-state index in [-0.39, 0.29) is 30.6 Å². The van der Waals surface area contributed by atoms with E-state index in [0.717, 1.165) is 0 Å². The first-order valence-corrected chi connectivity index (χ1v) is 7.68. The molecule has 2 atom stereocenters. The van der Waals surface area contributed by atoms with Crippen LogP contribution < -0.4 is 10.0 Å². The van der Waals surface area contributed by atoms with Gasteiger partial charge < -0.3 is 5.32 Å². The fourth-order valence-corrected chi connectivity index (χ4v) is 3.59. The Bertz CT molecular complexity index is 613. The fourth-order valence-electron chi connectivity index (χ4n) is 2.23. The van der Waals surface area contributed by atoms with Gasteiger partial charge in [0, 0.05) is 18.2 Å². The monoisotopic (exact) mass is 344 g/mol. The molecule has 0 aliphatic carbocycles. The molecule has 0 aromatic heterocycles. The molecule has 0 radical (unpaired) electrons. The second-order valence-electron chi connectivity index (χ2n) is 4.89. The Labute approximate surface area is 127 Å². The van der Waals surface area contributed by atoms with Gasteiger partial charge in [-0.3, -0.25) is 0 Å². The van der Waals surface area contributed by atoms with Crippen molar-refractivity contribution in [2.24, 2.45) is 0 Å². The number of nitrogens with one attached hydrogen (secondary N) is 2. The van der Waals surface area contributed by atoms with E-state index >= 15 is 0 Å². The Morgan fingerprint density at radius 3 is 2.43 bits per heavy atom. The van der Waals surface area contributed by atoms with Gasteiger partial charge in [-0.15, -0.1) is 12.4 Å². The number of benzene rings is 1. The van der Waals surface area contributed by atoms with Crippen molar-refractivity contribution in [3.8, 4) is 0 Å². The molecule has 120 valence electrons. The van der Waals surface area contributed by atoms with E-state index in [2.05, 4.69) is 10.0 Å². The first-order valence-electron chi connectivity index (χ1n) is 6.20. The van der Waals surface area contributed by atoms with Crippen LogP contribution in [0.25, 0.3) is 0 Å². The molecule has 9 heteroatoms. The molecule has 1 aliphatic rings. The molecule has 4 nitrogen and oxygen atoms in total. The van der Waals surface area contributed by atoms with Gasteiger partial charge in [-0.1, -0.05) is 0 Å². The largest absolute Gasteiger partial charge is 0.314 e. The minimum Gasteiger partial charge on any atom is -0.314 e. The second kappa shape index (κ2) is 6.95. The van der Waals surface area contributed by atoms with Gasteiger partial charge in [-0.25, -0.2) is 26.3 Å². The minimum absolute atomic E-state index is 0. The summed E-state index contributed by atoms with van der Waals surface area (Å²) in [7, 11) is -4.21. The predicted molar refractivity (Wildman–Crippen MR) is 74.4 cm³/mol. The molecular weight excluding hydrogens is 329 g/mol. The number of sulfonamides is 1. The molecule has 0 bridgehead atoms. The molecule has 21 heavy (non-hydrogen) atoms. The van der Waals surface area contributed by atoms with Crippen LogP contribution in [0, 0.1) is 17.5 Å². The highest BCUT2D eigenvalue weighted by Crippen LogP contribution is 2.20. The second-order valence-corrected chi connectivity index (χ2v) is 6.58. The summed E-state index contributed by atoms with van der Waals surface area (Å²) in [5, 5.41) is 3.15. The topological polar surface area (TPSA) is 58.2 Å². The van der Waals surface area contributed by atoms with Crippen LogP contribution in [0.4, 0.5) is 13.2 Å². The minimum atomic E-state index is -4.21. The summed E-state index contributed by atoms with van der Waals surface area (Å²) in [5.74, 6) is -4.12. The van der Waals surface area contributed by atoms with E-state index in [0.29, 0.717) is 25.5 Å². The SMILES string of the molecule is CC1CC(NS(=O)(=O)c2cc(F)c(F)cc2F)CCN1.Cl. The van der Waals surface area contributed by atoms with Crippen LogP contribution in [-0.4, -0.2) is 27.0 Å². The molecular formula is C12H16ClF3N2O2S. The van der Waals surface area contributed by atoms with E-state index in [1.807, 2.05) is 6.92 Å². The third-order valence-electron chi connectivity index (χ3n) is 3.21. The number of hydrogen-bond donors (Lipinski definition) is 2. The Morgan fingerprint density at radius 2 is 1.81 bits per heavy atom. The van der Waals surface area contributed by atoms with Gasteiger partial charge in [0.05, 0.1) is 0 Å². The third-order valence-corrected chi connectivity index (χ3v) is 4.75. The van der Waals surface area contributed by atoms with Crippen molar-refractivity contribution in [3.63, 3.8) is 0 Å². The van der Waals surface area contributed by atoms with Crippen LogP contribution in [0.5, 0.6) is 0 Å². The lowest BCUT2D eigenvalue weighted by Gasteiger charge is -2.28. The first kappa shape index (κ1) is 18.2. The summed E-state index contributed by atoms with van der Waals surface area (Å²) in [6.45, 7) is 2.53. The zero-order valence-electron chi connectivity index (χ0n) is 11.2. The standard InChI is InChI=1S/C12H15F3N2O2S.ClH/c1-7-4-8(2-3-16-7)17-20(18,19)12-6-10(14)9(13)5-11(12)15;/h5-8,16-17H,2-4H2,1H3;1H. The van der Waals surface area contributed by atoms with Crippen LogP contribution in [0.1, 0.15) is 19.8 Å². The molecule has 1 aromatic carbocycles. The highest BCUT2D eigenvalue weighted by atomic mass is 35.5. The summed E-state index contributed by atoms with van der Waals surface area (Å²) in [5.41, 5.74) is 0. The van der Waals surface area contributed by atoms with Crippen LogP contribution in [0.15, 0.2) is 17.0 Å². The quantitative estimate of drug-likeness (QED) is 0.824. The average Bonchev–Trinajstić information content (AvgIpc) is 2.33. The van der Waals surface area contributed by atoms with Crippen LogP contribution in [-0.2, 0) is 10.0 Å². The van der Waals surface area contributed by atoms with Crippen molar-refractivity contribution in [1.29, 1.82) is 0 Å². The molecule has 2 rings (SSSR count).